The van der Waals surface area contributed by atoms with Gasteiger partial charge in [-0.3, -0.25) is 4.79 Å². The molecule has 1 N–H and O–H groups in total. The maximum absolute atomic E-state index is 12.6. The third-order valence-electron chi connectivity index (χ3n) is 5.56. The topological polar surface area (TPSA) is 60.7 Å². The van der Waals surface area contributed by atoms with Gasteiger partial charge in [0.25, 0.3) is 0 Å². The predicted octanol–water partition coefficient (Wildman–Crippen LogP) is 6.15. The molecule has 162 valence electrons. The summed E-state index contributed by atoms with van der Waals surface area (Å²) in [4.78, 5) is 12.6. The quantitative estimate of drug-likeness (QED) is 0.467. The molecule has 0 unspecified atom stereocenters. The summed E-state index contributed by atoms with van der Waals surface area (Å²) in [5.74, 6) is 2.43. The van der Waals surface area contributed by atoms with Gasteiger partial charge in [-0.2, -0.15) is 0 Å². The van der Waals surface area contributed by atoms with Crippen molar-refractivity contribution in [2.45, 2.75) is 46.5 Å². The maximum Gasteiger partial charge on any atom is 0.248 e. The van der Waals surface area contributed by atoms with Crippen molar-refractivity contribution in [1.82, 2.24) is 0 Å². The van der Waals surface area contributed by atoms with Crippen molar-refractivity contribution in [3.05, 3.63) is 59.4 Å². The fourth-order valence-electron chi connectivity index (χ4n) is 4.13. The number of fused-ring (bicyclic) bond motifs is 3. The van der Waals surface area contributed by atoms with Gasteiger partial charge in [0.2, 0.25) is 5.91 Å². The number of allylic oxidation sites excluding steroid dienone is 1. The van der Waals surface area contributed by atoms with Crippen LogP contribution in [-0.2, 0) is 17.6 Å². The molecule has 0 radical (unpaired) electrons. The van der Waals surface area contributed by atoms with Gasteiger partial charge in [-0.25, -0.2) is 0 Å². The van der Waals surface area contributed by atoms with Crippen molar-refractivity contribution in [3.8, 4) is 11.5 Å². The van der Waals surface area contributed by atoms with Crippen LogP contribution in [0.1, 0.15) is 50.5 Å². The number of hydrogen-bond acceptors (Lipinski definition) is 4. The lowest BCUT2D eigenvalue weighted by molar-refractivity contribution is -0.111. The summed E-state index contributed by atoms with van der Waals surface area (Å²) >= 11 is 0. The monoisotopic (exact) mass is 419 g/mol. The summed E-state index contributed by atoms with van der Waals surface area (Å²) in [6, 6.07) is 11.4. The summed E-state index contributed by atoms with van der Waals surface area (Å²) in [5, 5.41) is 4.05. The number of nitrogens with one attached hydrogen (secondary N) is 1. The van der Waals surface area contributed by atoms with Crippen molar-refractivity contribution in [3.63, 3.8) is 0 Å². The average Bonchev–Trinajstić information content (AvgIpc) is 3.12. The van der Waals surface area contributed by atoms with Crippen molar-refractivity contribution >= 4 is 28.1 Å². The van der Waals surface area contributed by atoms with Crippen LogP contribution in [0.3, 0.4) is 0 Å². The molecule has 1 amide bonds. The van der Waals surface area contributed by atoms with Crippen molar-refractivity contribution in [1.29, 1.82) is 0 Å². The third-order valence-corrected chi connectivity index (χ3v) is 5.56. The molecule has 1 aliphatic rings. The van der Waals surface area contributed by atoms with Crippen LogP contribution in [0, 0.1) is 0 Å². The van der Waals surface area contributed by atoms with Crippen molar-refractivity contribution in [2.24, 2.45) is 0 Å². The fraction of sp³-hybridized carbons (Fsp3) is 0.346. The molecule has 1 aliphatic carbocycles. The molecular weight excluding hydrogens is 390 g/mol. The molecule has 1 aromatic heterocycles. The Bertz CT molecular complexity index is 1110. The van der Waals surface area contributed by atoms with Crippen LogP contribution < -0.4 is 14.8 Å². The molecule has 0 saturated heterocycles. The van der Waals surface area contributed by atoms with Gasteiger partial charge in [-0.05, 0) is 75.9 Å². The standard InChI is InChI=1S/C26H29NO4/c1-4-29-19-12-10-18(11-13-19)27-26(28)14-17(3)21-15-22-20-8-6-7-9-23(20)31-25(22)16-24(21)30-5-2/h10-16H,4-9H2,1-3H3,(H,27,28)/b17-14+. The number of carbonyl (C=O) groups excluding carboxylic acids is 1. The summed E-state index contributed by atoms with van der Waals surface area (Å²) < 4.78 is 17.4. The molecular formula is C26H29NO4. The molecule has 5 nitrogen and oxygen atoms in total. The van der Waals surface area contributed by atoms with Crippen LogP contribution in [-0.4, -0.2) is 19.1 Å². The minimum absolute atomic E-state index is 0.182. The molecule has 3 aromatic rings. The number of ether oxygens (including phenoxy) is 2. The Kier molecular flexibility index (Phi) is 6.31. The number of furan rings is 1. The zero-order valence-electron chi connectivity index (χ0n) is 18.4. The second kappa shape index (κ2) is 9.29. The Hall–Kier alpha value is -3.21. The van der Waals surface area contributed by atoms with Gasteiger partial charge in [-0.15, -0.1) is 0 Å². The van der Waals surface area contributed by atoms with Gasteiger partial charge in [0.1, 0.15) is 22.8 Å². The molecule has 31 heavy (non-hydrogen) atoms. The Balaban J connectivity index is 1.61. The molecule has 5 heteroatoms. The van der Waals surface area contributed by atoms with Gasteiger partial charge in [0.05, 0.1) is 13.2 Å². The van der Waals surface area contributed by atoms with E-state index >= 15 is 0 Å². The molecule has 0 spiro atoms. The Morgan fingerprint density at radius 2 is 1.81 bits per heavy atom. The maximum atomic E-state index is 12.6. The lowest BCUT2D eigenvalue weighted by Crippen LogP contribution is -2.08. The SMILES string of the molecule is CCOc1ccc(NC(=O)/C=C(\C)c2cc3c4c(oc3cc2OCC)CCCC4)cc1. The highest BCUT2D eigenvalue weighted by Crippen LogP contribution is 2.38. The fourth-order valence-corrected chi connectivity index (χ4v) is 4.13. The van der Waals surface area contributed by atoms with E-state index in [1.54, 1.807) is 6.08 Å². The first-order valence-corrected chi connectivity index (χ1v) is 11.0. The summed E-state index contributed by atoms with van der Waals surface area (Å²) in [6.07, 6.45) is 6.00. The van der Waals surface area contributed by atoms with E-state index in [0.717, 1.165) is 57.9 Å². The number of amides is 1. The van der Waals surface area contributed by atoms with Gasteiger partial charge in [0.15, 0.2) is 0 Å². The first kappa shape index (κ1) is 21.0. The van der Waals surface area contributed by atoms with E-state index < -0.39 is 0 Å². The largest absolute Gasteiger partial charge is 0.494 e. The number of rotatable bonds is 7. The van der Waals surface area contributed by atoms with E-state index in [1.165, 1.54) is 18.4 Å². The minimum Gasteiger partial charge on any atom is -0.494 e. The minimum atomic E-state index is -0.182. The highest BCUT2D eigenvalue weighted by molar-refractivity contribution is 6.04. The van der Waals surface area contributed by atoms with E-state index in [-0.39, 0.29) is 5.91 Å². The number of hydrogen-bond donors (Lipinski definition) is 1. The highest BCUT2D eigenvalue weighted by Gasteiger charge is 2.20. The Morgan fingerprint density at radius 3 is 2.55 bits per heavy atom. The smallest absolute Gasteiger partial charge is 0.248 e. The summed E-state index contributed by atoms with van der Waals surface area (Å²) in [6.45, 7) is 6.99. The number of aryl methyl sites for hydroxylation is 2. The molecule has 4 rings (SSSR count). The van der Waals surface area contributed by atoms with Gasteiger partial charge < -0.3 is 19.2 Å². The first-order valence-electron chi connectivity index (χ1n) is 11.0. The second-order valence-corrected chi connectivity index (χ2v) is 7.76. The Morgan fingerprint density at radius 1 is 1.06 bits per heavy atom. The van der Waals surface area contributed by atoms with Gasteiger partial charge in [0, 0.05) is 40.8 Å². The molecule has 0 saturated carbocycles. The number of anilines is 1. The number of carbonyl (C=O) groups is 1. The van der Waals surface area contributed by atoms with Gasteiger partial charge >= 0.3 is 0 Å². The lowest BCUT2D eigenvalue weighted by Gasteiger charge is -2.12. The summed E-state index contributed by atoms with van der Waals surface area (Å²) in [7, 11) is 0. The highest BCUT2D eigenvalue weighted by atomic mass is 16.5. The van der Waals surface area contributed by atoms with Crippen LogP contribution in [0.15, 0.2) is 46.9 Å². The zero-order valence-corrected chi connectivity index (χ0v) is 18.4. The predicted molar refractivity (Wildman–Crippen MR) is 124 cm³/mol. The van der Waals surface area contributed by atoms with Crippen LogP contribution in [0.5, 0.6) is 11.5 Å². The van der Waals surface area contributed by atoms with E-state index in [0.29, 0.717) is 13.2 Å². The molecule has 0 aliphatic heterocycles. The van der Waals surface area contributed by atoms with Crippen molar-refractivity contribution in [2.75, 3.05) is 18.5 Å². The molecule has 1 heterocycles. The van der Waals surface area contributed by atoms with E-state index in [1.807, 2.05) is 51.1 Å². The first-order chi connectivity index (χ1) is 15.1. The van der Waals surface area contributed by atoms with E-state index in [9.17, 15) is 4.79 Å². The normalized spacial score (nSPS) is 13.7. The third kappa shape index (κ3) is 4.61. The number of benzene rings is 2. The van der Waals surface area contributed by atoms with Crippen LogP contribution in [0.25, 0.3) is 16.5 Å². The molecule has 0 bridgehead atoms. The summed E-state index contributed by atoms with van der Waals surface area (Å²) in [5.41, 5.74) is 4.66. The van der Waals surface area contributed by atoms with E-state index in [2.05, 4.69) is 11.4 Å². The molecule has 0 fully saturated rings. The van der Waals surface area contributed by atoms with Crippen LogP contribution in [0.4, 0.5) is 5.69 Å². The molecule has 0 atom stereocenters. The van der Waals surface area contributed by atoms with Gasteiger partial charge in [-0.1, -0.05) is 0 Å². The lowest BCUT2D eigenvalue weighted by atomic mass is 9.94. The second-order valence-electron chi connectivity index (χ2n) is 7.76. The Labute approximate surface area is 183 Å². The zero-order chi connectivity index (χ0) is 21.8. The average molecular weight is 420 g/mol. The van der Waals surface area contributed by atoms with E-state index in [4.69, 9.17) is 13.9 Å². The van der Waals surface area contributed by atoms with Crippen LogP contribution >= 0.6 is 0 Å². The molecule has 2 aromatic carbocycles. The van der Waals surface area contributed by atoms with Crippen LogP contribution in [0.2, 0.25) is 0 Å². The van der Waals surface area contributed by atoms with Crippen molar-refractivity contribution < 1.29 is 18.7 Å².